The van der Waals surface area contributed by atoms with Crippen LogP contribution in [0.5, 0.6) is 5.75 Å². The predicted octanol–water partition coefficient (Wildman–Crippen LogP) is 3.60. The second-order valence-corrected chi connectivity index (χ2v) is 5.85. The Labute approximate surface area is 119 Å². The van der Waals surface area contributed by atoms with Crippen LogP contribution in [0, 0.1) is 0 Å². The topological polar surface area (TPSA) is 36.3 Å². The van der Waals surface area contributed by atoms with Gasteiger partial charge in [-0.2, -0.15) is 5.10 Å². The zero-order valence-electron chi connectivity index (χ0n) is 11.2. The van der Waals surface area contributed by atoms with E-state index in [1.54, 1.807) is 6.20 Å². The van der Waals surface area contributed by atoms with Crippen molar-refractivity contribution in [2.24, 2.45) is 0 Å². The molecule has 3 rings (SSSR count). The summed E-state index contributed by atoms with van der Waals surface area (Å²) in [6, 6.07) is 0.255. The summed E-state index contributed by atoms with van der Waals surface area (Å²) in [6.07, 6.45) is 10.3. The third kappa shape index (κ3) is 3.06. The van der Waals surface area contributed by atoms with Crippen molar-refractivity contribution in [2.45, 2.75) is 57.1 Å². The normalized spacial score (nSPS) is 25.4. The van der Waals surface area contributed by atoms with E-state index in [9.17, 15) is 0 Å². The number of rotatable bonds is 3. The van der Waals surface area contributed by atoms with E-state index in [-0.39, 0.29) is 6.04 Å². The molecule has 0 amide bonds. The Bertz CT molecular complexity index is 410. The summed E-state index contributed by atoms with van der Waals surface area (Å²) < 4.78 is 13.4. The summed E-state index contributed by atoms with van der Waals surface area (Å²) in [7, 11) is 0. The molecule has 2 aliphatic rings. The fourth-order valence-electron chi connectivity index (χ4n) is 2.94. The van der Waals surface area contributed by atoms with Crippen LogP contribution in [0.15, 0.2) is 6.20 Å². The van der Waals surface area contributed by atoms with E-state index in [4.69, 9.17) is 21.1 Å². The first-order valence-electron chi connectivity index (χ1n) is 7.32. The van der Waals surface area contributed by atoms with Gasteiger partial charge in [0.05, 0.1) is 24.9 Å². The van der Waals surface area contributed by atoms with Crippen LogP contribution in [0.4, 0.5) is 0 Å². The molecule has 1 saturated carbocycles. The van der Waals surface area contributed by atoms with Gasteiger partial charge in [0.1, 0.15) is 0 Å². The van der Waals surface area contributed by atoms with Crippen LogP contribution < -0.4 is 4.74 Å². The van der Waals surface area contributed by atoms with Gasteiger partial charge in [-0.1, -0.05) is 18.0 Å². The zero-order chi connectivity index (χ0) is 13.1. The predicted molar refractivity (Wildman–Crippen MR) is 73.8 cm³/mol. The van der Waals surface area contributed by atoms with Gasteiger partial charge in [0.2, 0.25) is 0 Å². The van der Waals surface area contributed by atoms with Crippen LogP contribution in [-0.4, -0.2) is 29.1 Å². The molecule has 0 radical (unpaired) electrons. The summed E-state index contributed by atoms with van der Waals surface area (Å²) in [5.41, 5.74) is 0. The molecule has 2 fully saturated rings. The standard InChI is InChI=1S/C14H21ClN2O2/c15-14-13(19-12-6-2-1-3-7-12)9-16-17(14)11-5-4-8-18-10-11/h9,11-12H,1-8,10H2. The molecule has 1 aromatic heterocycles. The highest BCUT2D eigenvalue weighted by Gasteiger charge is 2.23. The minimum atomic E-state index is 0.255. The summed E-state index contributed by atoms with van der Waals surface area (Å²) in [5, 5.41) is 5.01. The van der Waals surface area contributed by atoms with E-state index in [0.29, 0.717) is 17.9 Å². The van der Waals surface area contributed by atoms with E-state index in [0.717, 1.165) is 38.0 Å². The number of ether oxygens (including phenoxy) is 2. The van der Waals surface area contributed by atoms with E-state index in [1.165, 1.54) is 19.3 Å². The molecule has 0 bridgehead atoms. The van der Waals surface area contributed by atoms with Crippen molar-refractivity contribution in [1.82, 2.24) is 9.78 Å². The number of halogens is 1. The highest BCUT2D eigenvalue weighted by Crippen LogP contribution is 2.32. The molecule has 1 aliphatic carbocycles. The van der Waals surface area contributed by atoms with Crippen LogP contribution in [0.25, 0.3) is 0 Å². The lowest BCUT2D eigenvalue weighted by Crippen LogP contribution is -2.22. The van der Waals surface area contributed by atoms with Crippen LogP contribution >= 0.6 is 11.6 Å². The fourth-order valence-corrected chi connectivity index (χ4v) is 3.22. The minimum Gasteiger partial charge on any atom is -0.486 e. The summed E-state index contributed by atoms with van der Waals surface area (Å²) in [4.78, 5) is 0. The molecule has 1 unspecified atom stereocenters. The number of hydrogen-bond donors (Lipinski definition) is 0. The lowest BCUT2D eigenvalue weighted by molar-refractivity contribution is 0.0548. The van der Waals surface area contributed by atoms with Gasteiger partial charge in [-0.05, 0) is 38.5 Å². The maximum atomic E-state index is 6.40. The van der Waals surface area contributed by atoms with Crippen molar-refractivity contribution in [3.63, 3.8) is 0 Å². The lowest BCUT2D eigenvalue weighted by Gasteiger charge is -2.24. The molecule has 19 heavy (non-hydrogen) atoms. The van der Waals surface area contributed by atoms with Gasteiger partial charge in [0.25, 0.3) is 0 Å². The Kier molecular flexibility index (Phi) is 4.28. The molecule has 5 heteroatoms. The van der Waals surface area contributed by atoms with Gasteiger partial charge in [-0.25, -0.2) is 4.68 Å². The molecule has 4 nitrogen and oxygen atoms in total. The summed E-state index contributed by atoms with van der Waals surface area (Å²) >= 11 is 6.40. The van der Waals surface area contributed by atoms with Crippen molar-refractivity contribution < 1.29 is 9.47 Å². The number of aromatic nitrogens is 2. The van der Waals surface area contributed by atoms with Crippen molar-refractivity contribution in [1.29, 1.82) is 0 Å². The van der Waals surface area contributed by atoms with Gasteiger partial charge in [0.15, 0.2) is 10.9 Å². The monoisotopic (exact) mass is 284 g/mol. The molecular formula is C14H21ClN2O2. The minimum absolute atomic E-state index is 0.255. The van der Waals surface area contributed by atoms with Gasteiger partial charge in [-0.3, -0.25) is 0 Å². The van der Waals surface area contributed by atoms with Gasteiger partial charge >= 0.3 is 0 Å². The third-order valence-corrected chi connectivity index (χ3v) is 4.39. The average Bonchev–Trinajstić information content (AvgIpc) is 2.82. The van der Waals surface area contributed by atoms with Crippen molar-refractivity contribution >= 4 is 11.6 Å². The Morgan fingerprint density at radius 2 is 2.05 bits per heavy atom. The van der Waals surface area contributed by atoms with Crippen LogP contribution in [0.1, 0.15) is 51.0 Å². The molecule has 0 aromatic carbocycles. The quantitative estimate of drug-likeness (QED) is 0.851. The van der Waals surface area contributed by atoms with Crippen LogP contribution in [0.3, 0.4) is 0 Å². The van der Waals surface area contributed by atoms with Crippen molar-refractivity contribution in [3.05, 3.63) is 11.3 Å². The maximum absolute atomic E-state index is 6.40. The molecule has 1 aromatic rings. The fraction of sp³-hybridized carbons (Fsp3) is 0.786. The number of nitrogens with zero attached hydrogens (tertiary/aromatic N) is 2. The van der Waals surface area contributed by atoms with Crippen LogP contribution in [-0.2, 0) is 4.74 Å². The Balaban J connectivity index is 1.67. The Hall–Kier alpha value is -0.740. The average molecular weight is 285 g/mol. The van der Waals surface area contributed by atoms with E-state index >= 15 is 0 Å². The molecule has 106 valence electrons. The van der Waals surface area contributed by atoms with Gasteiger partial charge in [0, 0.05) is 6.61 Å². The molecule has 0 spiro atoms. The Morgan fingerprint density at radius 3 is 2.79 bits per heavy atom. The molecule has 1 saturated heterocycles. The highest BCUT2D eigenvalue weighted by atomic mass is 35.5. The molecule has 0 N–H and O–H groups in total. The van der Waals surface area contributed by atoms with Gasteiger partial charge in [-0.15, -0.1) is 0 Å². The van der Waals surface area contributed by atoms with Crippen molar-refractivity contribution in [3.8, 4) is 5.75 Å². The molecule has 1 atom stereocenters. The van der Waals surface area contributed by atoms with E-state index in [2.05, 4.69) is 5.10 Å². The van der Waals surface area contributed by atoms with E-state index < -0.39 is 0 Å². The smallest absolute Gasteiger partial charge is 0.176 e. The molecular weight excluding hydrogens is 264 g/mol. The largest absolute Gasteiger partial charge is 0.486 e. The second-order valence-electron chi connectivity index (χ2n) is 5.49. The third-order valence-electron chi connectivity index (χ3n) is 4.03. The van der Waals surface area contributed by atoms with Crippen LogP contribution in [0.2, 0.25) is 5.15 Å². The molecule has 1 aliphatic heterocycles. The first-order chi connectivity index (χ1) is 9.34. The highest BCUT2D eigenvalue weighted by molar-refractivity contribution is 6.31. The SMILES string of the molecule is Clc1c(OC2CCCCC2)cnn1C1CCCOC1. The van der Waals surface area contributed by atoms with Crippen molar-refractivity contribution in [2.75, 3.05) is 13.2 Å². The second kappa shape index (κ2) is 6.14. The maximum Gasteiger partial charge on any atom is 0.176 e. The summed E-state index contributed by atoms with van der Waals surface area (Å²) in [6.45, 7) is 1.55. The first kappa shape index (κ1) is 13.3. The molecule has 2 heterocycles. The number of hydrogen-bond acceptors (Lipinski definition) is 3. The summed E-state index contributed by atoms with van der Waals surface area (Å²) in [5.74, 6) is 0.735. The van der Waals surface area contributed by atoms with E-state index in [1.807, 2.05) is 4.68 Å². The first-order valence-corrected chi connectivity index (χ1v) is 7.70. The Morgan fingerprint density at radius 1 is 1.21 bits per heavy atom. The van der Waals surface area contributed by atoms with Gasteiger partial charge < -0.3 is 9.47 Å². The zero-order valence-corrected chi connectivity index (χ0v) is 11.9. The lowest BCUT2D eigenvalue weighted by atomic mass is 9.98.